The molecule has 1 aliphatic carbocycles. The summed E-state index contributed by atoms with van der Waals surface area (Å²) in [7, 11) is 6.92. The third kappa shape index (κ3) is 10.4. The van der Waals surface area contributed by atoms with E-state index in [0.29, 0.717) is 25.2 Å². The predicted molar refractivity (Wildman–Crippen MR) is 240 cm³/mol. The van der Waals surface area contributed by atoms with E-state index in [0.717, 1.165) is 43.2 Å². The zero-order chi connectivity index (χ0) is 45.5. The maximum absolute atomic E-state index is 14.9. The monoisotopic (exact) mass is 860 g/mol. The summed E-state index contributed by atoms with van der Waals surface area (Å²) in [6.07, 6.45) is 3.59. The number of hydrogen-bond acceptors (Lipinski definition) is 9. The fraction of sp³-hybridized carbons (Fsp3) is 0.646. The minimum Gasteiger partial charge on any atom is -0.379 e. The highest BCUT2D eigenvalue weighted by molar-refractivity contribution is 5.97. The SMILES string of the molecule is CC[C@H](C)[C@@H]([C@@H](CC(=O)N1CCC[C@H]1[C@H](OC)[C@@H](C)C(=O)N[C@@H](Cc1ccccc1)C(=O)Nc1ccc(CN)cc1)OC)N(C)C(=O)[C@@H](C(C)C)C12CCC(C1)C(C(N)=O)N2C. The molecule has 6 N–H and O–H groups in total. The van der Waals surface area contributed by atoms with Crippen LogP contribution in [0.1, 0.15) is 90.7 Å². The molecule has 2 aromatic carbocycles. The number of rotatable bonds is 21. The van der Waals surface area contributed by atoms with E-state index in [1.807, 2.05) is 66.4 Å². The van der Waals surface area contributed by atoms with Crippen molar-refractivity contribution in [3.05, 3.63) is 65.7 Å². The van der Waals surface area contributed by atoms with Gasteiger partial charge in [0.15, 0.2) is 0 Å². The Balaban J connectivity index is 1.31. The molecule has 3 aliphatic rings. The molecule has 5 rings (SSSR count). The number of primary amides is 1. The summed E-state index contributed by atoms with van der Waals surface area (Å²) in [6.45, 7) is 11.0. The Morgan fingerprint density at radius 2 is 1.61 bits per heavy atom. The minimum atomic E-state index is -0.886. The lowest BCUT2D eigenvalue weighted by atomic mass is 9.74. The lowest BCUT2D eigenvalue weighted by Crippen LogP contribution is -2.61. The number of carbonyl (C=O) groups is 5. The molecule has 62 heavy (non-hydrogen) atoms. The first-order valence-corrected chi connectivity index (χ1v) is 22.6. The highest BCUT2D eigenvalue weighted by atomic mass is 16.5. The van der Waals surface area contributed by atoms with E-state index in [4.69, 9.17) is 20.9 Å². The zero-order valence-electron chi connectivity index (χ0n) is 38.5. The van der Waals surface area contributed by atoms with Crippen molar-refractivity contribution in [2.75, 3.05) is 40.2 Å². The highest BCUT2D eigenvalue weighted by Gasteiger charge is 2.62. The molecule has 0 spiro atoms. The maximum Gasteiger partial charge on any atom is 0.247 e. The fourth-order valence-corrected chi connectivity index (χ4v) is 11.2. The second kappa shape index (κ2) is 21.3. The van der Waals surface area contributed by atoms with Crippen LogP contribution in [0.3, 0.4) is 0 Å². The minimum absolute atomic E-state index is 0.000772. The van der Waals surface area contributed by atoms with Gasteiger partial charge in [-0.2, -0.15) is 0 Å². The number of amides is 5. The molecule has 2 heterocycles. The van der Waals surface area contributed by atoms with Crippen LogP contribution in [0.2, 0.25) is 0 Å². The Bertz CT molecular complexity index is 1850. The van der Waals surface area contributed by atoms with Crippen molar-refractivity contribution in [2.24, 2.45) is 41.1 Å². The molecular weight excluding hydrogens is 787 g/mol. The number of ether oxygens (including phenoxy) is 2. The Hall–Kier alpha value is -4.37. The number of benzene rings is 2. The van der Waals surface area contributed by atoms with Crippen LogP contribution in [-0.4, -0.2) is 121 Å². The number of carbonyl (C=O) groups excluding carboxylic acids is 5. The van der Waals surface area contributed by atoms with Gasteiger partial charge < -0.3 is 41.4 Å². The summed E-state index contributed by atoms with van der Waals surface area (Å²) in [5, 5.41) is 5.95. The van der Waals surface area contributed by atoms with Gasteiger partial charge >= 0.3 is 0 Å². The molecule has 2 bridgehead atoms. The van der Waals surface area contributed by atoms with Crippen molar-refractivity contribution in [1.82, 2.24) is 20.0 Å². The largest absolute Gasteiger partial charge is 0.379 e. The molecule has 0 radical (unpaired) electrons. The third-order valence-electron chi connectivity index (χ3n) is 14.6. The number of fused-ring (bicyclic) bond motifs is 2. The smallest absolute Gasteiger partial charge is 0.247 e. The molecule has 0 aromatic heterocycles. The summed E-state index contributed by atoms with van der Waals surface area (Å²) >= 11 is 0. The summed E-state index contributed by atoms with van der Waals surface area (Å²) in [5.41, 5.74) is 13.6. The van der Waals surface area contributed by atoms with Crippen molar-refractivity contribution >= 4 is 35.2 Å². The number of hydrogen-bond donors (Lipinski definition) is 4. The first kappa shape index (κ1) is 48.7. The molecule has 11 atom stereocenters. The molecule has 5 amide bonds. The zero-order valence-corrected chi connectivity index (χ0v) is 38.5. The molecule has 2 aromatic rings. The number of nitrogens with one attached hydrogen (secondary N) is 2. The van der Waals surface area contributed by atoms with Crippen LogP contribution >= 0.6 is 0 Å². The number of piperidine rings is 1. The summed E-state index contributed by atoms with van der Waals surface area (Å²) < 4.78 is 12.2. The van der Waals surface area contributed by atoms with Crippen LogP contribution in [0, 0.1) is 29.6 Å². The normalized spacial score (nSPS) is 24.5. The molecule has 2 aliphatic heterocycles. The lowest BCUT2D eigenvalue weighted by molar-refractivity contribution is -0.153. The van der Waals surface area contributed by atoms with Gasteiger partial charge in [0.1, 0.15) is 6.04 Å². The molecule has 14 nitrogen and oxygen atoms in total. The van der Waals surface area contributed by atoms with Crippen LogP contribution in [0.25, 0.3) is 0 Å². The van der Waals surface area contributed by atoms with E-state index in [-0.39, 0.29) is 66.0 Å². The van der Waals surface area contributed by atoms with Crippen molar-refractivity contribution in [1.29, 1.82) is 0 Å². The van der Waals surface area contributed by atoms with Crippen molar-refractivity contribution in [2.45, 2.75) is 134 Å². The van der Waals surface area contributed by atoms with Crippen LogP contribution in [0.4, 0.5) is 5.69 Å². The molecule has 14 heteroatoms. The average molecular weight is 860 g/mol. The lowest BCUT2D eigenvalue weighted by Gasteiger charge is -2.48. The number of methoxy groups -OCH3 is 2. The highest BCUT2D eigenvalue weighted by Crippen LogP contribution is 2.55. The van der Waals surface area contributed by atoms with Crippen molar-refractivity contribution in [3.8, 4) is 0 Å². The molecule has 2 saturated heterocycles. The second-order valence-corrected chi connectivity index (χ2v) is 18.5. The van der Waals surface area contributed by atoms with Crippen LogP contribution in [-0.2, 0) is 46.4 Å². The van der Waals surface area contributed by atoms with Gasteiger partial charge in [0, 0.05) is 52.0 Å². The fourth-order valence-electron chi connectivity index (χ4n) is 11.2. The number of likely N-dealkylation sites (tertiary alicyclic amines) is 2. The van der Waals surface area contributed by atoms with Crippen molar-refractivity contribution in [3.63, 3.8) is 0 Å². The quantitative estimate of drug-likeness (QED) is 0.142. The van der Waals surface area contributed by atoms with Gasteiger partial charge in [0.25, 0.3) is 0 Å². The van der Waals surface area contributed by atoms with E-state index in [9.17, 15) is 24.0 Å². The van der Waals surface area contributed by atoms with Gasteiger partial charge in [-0.25, -0.2) is 0 Å². The second-order valence-electron chi connectivity index (χ2n) is 18.5. The van der Waals surface area contributed by atoms with E-state index >= 15 is 0 Å². The first-order valence-electron chi connectivity index (χ1n) is 22.6. The molecular formula is C48H73N7O7. The third-order valence-corrected chi connectivity index (χ3v) is 14.6. The molecule has 342 valence electrons. The maximum atomic E-state index is 14.9. The van der Waals surface area contributed by atoms with E-state index in [1.54, 1.807) is 33.3 Å². The van der Waals surface area contributed by atoms with Gasteiger partial charge in [0.2, 0.25) is 29.5 Å². The number of nitrogens with two attached hydrogens (primary N) is 2. The topological polar surface area (TPSA) is 190 Å². The number of nitrogens with zero attached hydrogens (tertiary/aromatic N) is 3. The number of anilines is 1. The molecule has 3 unspecified atom stereocenters. The molecule has 1 saturated carbocycles. The van der Waals surface area contributed by atoms with E-state index < -0.39 is 47.8 Å². The van der Waals surface area contributed by atoms with Crippen LogP contribution in [0.5, 0.6) is 0 Å². The standard InChI is InChI=1S/C48H73N7O7/c1-10-30(4)41(53(6)47(60)40(29(2)3)48-23-22-34(27-48)42(44(50)57)54(48)7)38(61-8)26-39(56)55-24-14-17-37(55)43(62-9)31(5)45(58)52-36(25-32-15-12-11-13-16-32)46(59)51-35-20-18-33(28-49)19-21-35/h11-13,15-16,18-21,29-31,34,36-38,40-43H,10,14,17,22-28,49H2,1-9H3,(H2,50,57)(H,51,59)(H,52,58)/t30-,31+,34?,36-,37-,38+,40+,41-,42?,43+,48?/m0/s1. The summed E-state index contributed by atoms with van der Waals surface area (Å²) in [4.78, 5) is 75.5. The Morgan fingerprint density at radius 3 is 2.18 bits per heavy atom. The average Bonchev–Trinajstić information content (AvgIpc) is 3.98. The van der Waals surface area contributed by atoms with Crippen LogP contribution in [0.15, 0.2) is 54.6 Å². The van der Waals surface area contributed by atoms with E-state index in [2.05, 4.69) is 43.2 Å². The van der Waals surface area contributed by atoms with Gasteiger partial charge in [-0.3, -0.25) is 28.9 Å². The summed E-state index contributed by atoms with van der Waals surface area (Å²) in [5.74, 6) is -2.19. The Labute approximate surface area is 369 Å². The van der Waals surface area contributed by atoms with Gasteiger partial charge in [-0.05, 0) is 80.2 Å². The number of likely N-dealkylation sites (N-methyl/N-ethyl adjacent to an activating group) is 2. The van der Waals surface area contributed by atoms with Gasteiger partial charge in [0.05, 0.1) is 48.6 Å². The van der Waals surface area contributed by atoms with Gasteiger partial charge in [-0.15, -0.1) is 0 Å². The Morgan fingerprint density at radius 1 is 0.935 bits per heavy atom. The summed E-state index contributed by atoms with van der Waals surface area (Å²) in [6, 6.07) is 14.7. The van der Waals surface area contributed by atoms with Crippen molar-refractivity contribution < 1.29 is 33.4 Å². The Kier molecular flexibility index (Phi) is 16.7. The van der Waals surface area contributed by atoms with E-state index in [1.165, 1.54) is 0 Å². The predicted octanol–water partition coefficient (Wildman–Crippen LogP) is 4.34. The molecule has 3 fully saturated rings. The first-order chi connectivity index (χ1) is 29.5. The van der Waals surface area contributed by atoms with Crippen LogP contribution < -0.4 is 22.1 Å². The van der Waals surface area contributed by atoms with Gasteiger partial charge in [-0.1, -0.05) is 83.5 Å².